The molecule has 0 unspecified atom stereocenters. The van der Waals surface area contributed by atoms with Gasteiger partial charge in [-0.15, -0.1) is 0 Å². The van der Waals surface area contributed by atoms with E-state index in [1.165, 1.54) is 0 Å². The molecular weight excluding hydrogens is 242 g/mol. The van der Waals surface area contributed by atoms with E-state index in [4.69, 9.17) is 0 Å². The molecule has 1 aromatic rings. The van der Waals surface area contributed by atoms with Gasteiger partial charge in [-0.25, -0.2) is 0 Å². The van der Waals surface area contributed by atoms with Gasteiger partial charge >= 0.3 is 0 Å². The van der Waals surface area contributed by atoms with Crippen LogP contribution in [0, 0.1) is 0 Å². The van der Waals surface area contributed by atoms with Crippen molar-refractivity contribution >= 4 is 23.7 Å². The van der Waals surface area contributed by atoms with Gasteiger partial charge in [0.05, 0.1) is 0 Å². The average molecular weight is 261 g/mol. The topological polar surface area (TPSA) is 52.7 Å². The number of amides is 2. The Morgan fingerprint density at radius 2 is 2.00 bits per heavy atom. The zero-order valence-corrected chi connectivity index (χ0v) is 11.3. The zero-order chi connectivity index (χ0) is 13.8. The summed E-state index contributed by atoms with van der Waals surface area (Å²) < 4.78 is 0. The van der Waals surface area contributed by atoms with Crippen LogP contribution in [0.5, 0.6) is 0 Å². The van der Waals surface area contributed by atoms with Crippen LogP contribution in [0.1, 0.15) is 13.8 Å². The summed E-state index contributed by atoms with van der Waals surface area (Å²) in [6.45, 7) is 6.08. The van der Waals surface area contributed by atoms with Crippen LogP contribution in [-0.2, 0) is 9.59 Å². The van der Waals surface area contributed by atoms with Crippen molar-refractivity contribution < 1.29 is 9.59 Å². The molecule has 1 aliphatic rings. The Labute approximate surface area is 113 Å². The molecule has 1 saturated heterocycles. The lowest BCUT2D eigenvalue weighted by Gasteiger charge is -2.41. The fourth-order valence-corrected chi connectivity index (χ4v) is 2.44. The van der Waals surface area contributed by atoms with Crippen LogP contribution in [-0.4, -0.2) is 42.9 Å². The number of anilines is 2. The molecule has 1 N–H and O–H groups in total. The van der Waals surface area contributed by atoms with Crippen molar-refractivity contribution in [1.82, 2.24) is 4.90 Å². The predicted molar refractivity (Wildman–Crippen MR) is 75.2 cm³/mol. The maximum absolute atomic E-state index is 11.4. The molecule has 0 aromatic heterocycles. The fourth-order valence-electron chi connectivity index (χ4n) is 2.44. The van der Waals surface area contributed by atoms with Gasteiger partial charge < -0.3 is 15.1 Å². The summed E-state index contributed by atoms with van der Waals surface area (Å²) in [6.07, 6.45) is 0.670. The molecule has 1 atom stereocenters. The molecule has 0 spiro atoms. The first kappa shape index (κ1) is 13.4. The van der Waals surface area contributed by atoms with Crippen molar-refractivity contribution in [3.8, 4) is 0 Å². The van der Waals surface area contributed by atoms with Gasteiger partial charge in [-0.05, 0) is 31.2 Å². The van der Waals surface area contributed by atoms with Gasteiger partial charge in [0.25, 0.3) is 0 Å². The van der Waals surface area contributed by atoms with E-state index in [1.807, 2.05) is 29.2 Å². The largest absolute Gasteiger partial charge is 0.365 e. The Kier molecular flexibility index (Phi) is 4.04. The summed E-state index contributed by atoms with van der Waals surface area (Å²) in [5.41, 5.74) is 1.90. The van der Waals surface area contributed by atoms with E-state index in [9.17, 15) is 9.59 Å². The second-order valence-electron chi connectivity index (χ2n) is 4.82. The van der Waals surface area contributed by atoms with Crippen LogP contribution < -0.4 is 10.2 Å². The highest BCUT2D eigenvalue weighted by Gasteiger charge is 2.24. The summed E-state index contributed by atoms with van der Waals surface area (Å²) in [5.74, 6) is 0.136. The number of nitrogens with one attached hydrogen (secondary N) is 1. The Morgan fingerprint density at radius 3 is 2.53 bits per heavy atom. The van der Waals surface area contributed by atoms with E-state index in [1.54, 1.807) is 6.92 Å². The summed E-state index contributed by atoms with van der Waals surface area (Å²) >= 11 is 0. The number of hydrogen-bond acceptors (Lipinski definition) is 3. The van der Waals surface area contributed by atoms with E-state index < -0.39 is 0 Å². The van der Waals surface area contributed by atoms with Gasteiger partial charge in [-0.3, -0.25) is 9.59 Å². The molecule has 5 heteroatoms. The lowest BCUT2D eigenvalue weighted by Crippen LogP contribution is -2.53. The quantitative estimate of drug-likeness (QED) is 0.835. The summed E-state index contributed by atoms with van der Waals surface area (Å²) in [6, 6.07) is 8.04. The Morgan fingerprint density at radius 1 is 1.32 bits per heavy atom. The highest BCUT2D eigenvalue weighted by Crippen LogP contribution is 2.22. The van der Waals surface area contributed by atoms with Crippen molar-refractivity contribution in [2.45, 2.75) is 19.9 Å². The molecule has 0 radical (unpaired) electrons. The molecule has 2 amide bonds. The maximum atomic E-state index is 11.4. The van der Waals surface area contributed by atoms with Gasteiger partial charge in [-0.1, -0.05) is 0 Å². The Bertz CT molecular complexity index is 458. The molecule has 0 saturated carbocycles. The monoisotopic (exact) mass is 261 g/mol. The number of carbonyl (C=O) groups excluding carboxylic acids is 2. The SMILES string of the molecule is CC(=O)N1CCN(c2ccc(NC=O)cc2)[C@H](C)C1. The average Bonchev–Trinajstić information content (AvgIpc) is 2.40. The molecule has 0 aliphatic carbocycles. The van der Waals surface area contributed by atoms with E-state index >= 15 is 0 Å². The third kappa shape index (κ3) is 3.05. The van der Waals surface area contributed by atoms with Gasteiger partial charge in [0.2, 0.25) is 12.3 Å². The smallest absolute Gasteiger partial charge is 0.219 e. The van der Waals surface area contributed by atoms with Crippen LogP contribution in [0.25, 0.3) is 0 Å². The van der Waals surface area contributed by atoms with Crippen molar-refractivity contribution in [2.24, 2.45) is 0 Å². The number of piperazine rings is 1. The number of rotatable bonds is 3. The minimum atomic E-state index is 0.136. The normalized spacial score (nSPS) is 19.2. The second kappa shape index (κ2) is 5.73. The molecule has 102 valence electrons. The summed E-state index contributed by atoms with van der Waals surface area (Å²) in [4.78, 5) is 25.9. The lowest BCUT2D eigenvalue weighted by atomic mass is 10.1. The van der Waals surface area contributed by atoms with Gasteiger partial charge in [0, 0.05) is 44.0 Å². The third-order valence-electron chi connectivity index (χ3n) is 3.50. The third-order valence-corrected chi connectivity index (χ3v) is 3.50. The molecule has 0 bridgehead atoms. The molecule has 1 aromatic carbocycles. The Balaban J connectivity index is 2.06. The molecule has 19 heavy (non-hydrogen) atoms. The molecule has 1 aliphatic heterocycles. The Hall–Kier alpha value is -2.04. The summed E-state index contributed by atoms with van der Waals surface area (Å²) in [5, 5.41) is 2.62. The lowest BCUT2D eigenvalue weighted by molar-refractivity contribution is -0.129. The van der Waals surface area contributed by atoms with Crippen LogP contribution in [0.2, 0.25) is 0 Å². The molecule has 1 heterocycles. The van der Waals surface area contributed by atoms with Crippen LogP contribution in [0.4, 0.5) is 11.4 Å². The van der Waals surface area contributed by atoms with Gasteiger partial charge in [0.1, 0.15) is 0 Å². The van der Waals surface area contributed by atoms with E-state index in [0.29, 0.717) is 12.5 Å². The summed E-state index contributed by atoms with van der Waals surface area (Å²) in [7, 11) is 0. The van der Waals surface area contributed by atoms with Crippen molar-refractivity contribution in [2.75, 3.05) is 29.9 Å². The van der Waals surface area contributed by atoms with Crippen molar-refractivity contribution in [3.63, 3.8) is 0 Å². The van der Waals surface area contributed by atoms with Crippen LogP contribution >= 0.6 is 0 Å². The van der Waals surface area contributed by atoms with E-state index in [2.05, 4.69) is 17.1 Å². The molecule has 5 nitrogen and oxygen atoms in total. The first-order valence-corrected chi connectivity index (χ1v) is 6.44. The van der Waals surface area contributed by atoms with Crippen molar-refractivity contribution in [3.05, 3.63) is 24.3 Å². The first-order chi connectivity index (χ1) is 9.11. The van der Waals surface area contributed by atoms with Crippen LogP contribution in [0.3, 0.4) is 0 Å². The van der Waals surface area contributed by atoms with Gasteiger partial charge in [-0.2, -0.15) is 0 Å². The predicted octanol–water partition coefficient (Wildman–Crippen LogP) is 1.31. The minimum Gasteiger partial charge on any atom is -0.365 e. The maximum Gasteiger partial charge on any atom is 0.219 e. The zero-order valence-electron chi connectivity index (χ0n) is 11.3. The number of nitrogens with zero attached hydrogens (tertiary/aromatic N) is 2. The number of carbonyl (C=O) groups is 2. The van der Waals surface area contributed by atoms with E-state index in [0.717, 1.165) is 31.0 Å². The minimum absolute atomic E-state index is 0.136. The number of hydrogen-bond donors (Lipinski definition) is 1. The number of benzene rings is 1. The fraction of sp³-hybridized carbons (Fsp3) is 0.429. The van der Waals surface area contributed by atoms with Gasteiger partial charge in [0.15, 0.2) is 0 Å². The molecule has 1 fully saturated rings. The molecular formula is C14H19N3O2. The van der Waals surface area contributed by atoms with E-state index in [-0.39, 0.29) is 5.91 Å². The standard InChI is InChI=1S/C14H19N3O2/c1-11-9-16(12(2)19)7-8-17(11)14-5-3-13(4-6-14)15-10-18/h3-6,10-11H,7-9H2,1-2H3,(H,15,18)/t11-/m1/s1. The highest BCUT2D eigenvalue weighted by atomic mass is 16.2. The highest BCUT2D eigenvalue weighted by molar-refractivity contribution is 5.74. The first-order valence-electron chi connectivity index (χ1n) is 6.44. The van der Waals surface area contributed by atoms with Crippen molar-refractivity contribution in [1.29, 1.82) is 0 Å². The second-order valence-corrected chi connectivity index (χ2v) is 4.82. The van der Waals surface area contributed by atoms with Crippen LogP contribution in [0.15, 0.2) is 24.3 Å². The molecule has 2 rings (SSSR count).